The van der Waals surface area contributed by atoms with Gasteiger partial charge in [0.15, 0.2) is 0 Å². The van der Waals surface area contributed by atoms with Gasteiger partial charge in [-0.05, 0) is 116 Å². The quantitative estimate of drug-likeness (QED) is 0.154. The molecule has 6 heteroatoms. The number of aromatic nitrogens is 4. The largest absolute Gasteiger partial charge is 0.455 e. The molecular weight excluding hydrogens is 1050 g/mol. The normalized spacial score (nSPS) is 11.7. The molecule has 0 aliphatic carbocycles. The second-order valence-corrected chi connectivity index (χ2v) is 22.0. The van der Waals surface area contributed by atoms with E-state index in [1.165, 1.54) is 16.5 Å². The van der Waals surface area contributed by atoms with Gasteiger partial charge in [0.1, 0.15) is 22.3 Å². The zero-order chi connectivity index (χ0) is 56.7. The Balaban J connectivity index is 0.000000134. The van der Waals surface area contributed by atoms with Crippen molar-refractivity contribution < 1.29 is 8.83 Å². The van der Waals surface area contributed by atoms with E-state index >= 15 is 0 Å². The third-order valence-electron chi connectivity index (χ3n) is 16.9. The highest BCUT2D eigenvalue weighted by molar-refractivity contribution is 6.17. The Hall–Kier alpha value is -11.6. The van der Waals surface area contributed by atoms with Crippen molar-refractivity contribution in [3.63, 3.8) is 0 Å². The molecule has 0 saturated heterocycles. The molecule has 14 aromatic carbocycles. The van der Waals surface area contributed by atoms with Crippen LogP contribution in [0, 0.1) is 0 Å². The Bertz CT molecular complexity index is 5710. The number of furan rings is 2. The van der Waals surface area contributed by atoms with Crippen LogP contribution >= 0.6 is 0 Å². The van der Waals surface area contributed by atoms with Crippen LogP contribution in [0.25, 0.3) is 176 Å². The van der Waals surface area contributed by atoms with E-state index in [1.807, 2.05) is 72.8 Å². The maximum atomic E-state index is 6.31. The van der Waals surface area contributed by atoms with Crippen molar-refractivity contribution in [1.29, 1.82) is 0 Å². The Morgan fingerprint density at radius 3 is 1.27 bits per heavy atom. The summed E-state index contributed by atoms with van der Waals surface area (Å²) in [6.07, 6.45) is 0. The third kappa shape index (κ3) is 8.26. The van der Waals surface area contributed by atoms with Crippen LogP contribution in [0.3, 0.4) is 0 Å². The molecule has 18 aromatic rings. The molecule has 0 fully saturated rings. The van der Waals surface area contributed by atoms with Gasteiger partial charge in [0.25, 0.3) is 0 Å². The monoisotopic (exact) mass is 1100 g/mol. The number of benzene rings is 14. The minimum Gasteiger partial charge on any atom is -0.455 e. The van der Waals surface area contributed by atoms with Crippen molar-refractivity contribution in [3.8, 4) is 67.3 Å². The standard InChI is InChI=1S/2C40H24N2O/c1-2-10-25(11-3-1)38-39(42-36-16-8-7-15-35(36)41-38)33-23-22-28(30-12-4-5-13-31(30)33)26-18-20-29-27(24-26)19-21-34-32-14-6-9-17-37(32)43-40(29)34;1-2-9-27(10-3-1)37-38(42-39-31-11-5-4-8-26(31)20-23-35(39)41-37)28-16-14-25(15-17-28)29-18-21-32-30(24-29)19-22-34-33-12-6-7-13-36(33)43-40(32)34/h2*1-24H. The van der Waals surface area contributed by atoms with Gasteiger partial charge in [-0.2, -0.15) is 0 Å². The van der Waals surface area contributed by atoms with Crippen molar-refractivity contribution in [2.45, 2.75) is 0 Å². The van der Waals surface area contributed by atoms with E-state index in [1.54, 1.807) is 0 Å². The molecule has 4 aromatic heterocycles. The zero-order valence-electron chi connectivity index (χ0n) is 46.3. The fourth-order valence-corrected chi connectivity index (χ4v) is 12.7. The Morgan fingerprint density at radius 1 is 0.209 bits per heavy atom. The van der Waals surface area contributed by atoms with Crippen molar-refractivity contribution in [1.82, 2.24) is 19.9 Å². The minimum atomic E-state index is 0.882. The van der Waals surface area contributed by atoms with Gasteiger partial charge in [0.05, 0.1) is 44.8 Å². The number of fused-ring (bicyclic) bond motifs is 15. The second kappa shape index (κ2) is 20.1. The summed E-state index contributed by atoms with van der Waals surface area (Å²) in [5.74, 6) is 0. The molecule has 4 heterocycles. The van der Waals surface area contributed by atoms with E-state index in [0.29, 0.717) is 0 Å². The maximum absolute atomic E-state index is 6.31. The summed E-state index contributed by atoms with van der Waals surface area (Å²) in [5, 5.41) is 13.8. The molecule has 0 amide bonds. The molecule has 0 radical (unpaired) electrons. The van der Waals surface area contributed by atoms with Crippen LogP contribution in [0.4, 0.5) is 0 Å². The first-order chi connectivity index (χ1) is 42.6. The summed E-state index contributed by atoms with van der Waals surface area (Å²) in [4.78, 5) is 20.7. The van der Waals surface area contributed by atoms with Gasteiger partial charge < -0.3 is 8.83 Å². The summed E-state index contributed by atoms with van der Waals surface area (Å²) in [6.45, 7) is 0. The van der Waals surface area contributed by atoms with E-state index < -0.39 is 0 Å². The Labute approximate surface area is 493 Å². The van der Waals surface area contributed by atoms with Gasteiger partial charge in [-0.3, -0.25) is 0 Å². The molecule has 400 valence electrons. The van der Waals surface area contributed by atoms with Crippen molar-refractivity contribution in [2.24, 2.45) is 0 Å². The lowest BCUT2D eigenvalue weighted by Crippen LogP contribution is -1.96. The van der Waals surface area contributed by atoms with Crippen LogP contribution in [0.1, 0.15) is 0 Å². The highest BCUT2D eigenvalue weighted by Crippen LogP contribution is 2.43. The molecule has 0 aliphatic heterocycles. The summed E-state index contributed by atoms with van der Waals surface area (Å²) in [7, 11) is 0. The summed E-state index contributed by atoms with van der Waals surface area (Å²) >= 11 is 0. The average molecular weight is 1100 g/mol. The molecule has 0 atom stereocenters. The molecule has 0 saturated carbocycles. The summed E-state index contributed by atoms with van der Waals surface area (Å²) in [6, 6.07) is 102. The van der Waals surface area contributed by atoms with Crippen LogP contribution in [0.5, 0.6) is 0 Å². The summed E-state index contributed by atoms with van der Waals surface area (Å²) < 4.78 is 12.6. The maximum Gasteiger partial charge on any atom is 0.143 e. The molecule has 0 unspecified atom stereocenters. The van der Waals surface area contributed by atoms with E-state index in [2.05, 4.69) is 218 Å². The molecule has 6 nitrogen and oxygen atoms in total. The van der Waals surface area contributed by atoms with Gasteiger partial charge in [-0.25, -0.2) is 19.9 Å². The molecule has 0 aliphatic rings. The lowest BCUT2D eigenvalue weighted by Gasteiger charge is -2.15. The molecular formula is C80H48N4O2. The van der Waals surface area contributed by atoms with Gasteiger partial charge in [-0.15, -0.1) is 0 Å². The lowest BCUT2D eigenvalue weighted by atomic mass is 9.91. The first kappa shape index (κ1) is 49.0. The van der Waals surface area contributed by atoms with Crippen LogP contribution in [-0.2, 0) is 0 Å². The van der Waals surface area contributed by atoms with E-state index in [-0.39, 0.29) is 0 Å². The molecule has 18 rings (SSSR count). The van der Waals surface area contributed by atoms with Gasteiger partial charge in [-0.1, -0.05) is 224 Å². The van der Waals surface area contributed by atoms with Gasteiger partial charge in [0.2, 0.25) is 0 Å². The van der Waals surface area contributed by atoms with E-state index in [4.69, 9.17) is 28.8 Å². The van der Waals surface area contributed by atoms with Crippen molar-refractivity contribution in [3.05, 3.63) is 291 Å². The predicted octanol–water partition coefficient (Wildman–Crippen LogP) is 21.7. The first-order valence-corrected chi connectivity index (χ1v) is 29.0. The smallest absolute Gasteiger partial charge is 0.143 e. The topological polar surface area (TPSA) is 77.8 Å². The van der Waals surface area contributed by atoms with Crippen LogP contribution in [-0.4, -0.2) is 19.9 Å². The van der Waals surface area contributed by atoms with Gasteiger partial charge in [0, 0.05) is 60.0 Å². The lowest BCUT2D eigenvalue weighted by molar-refractivity contribution is 0.672. The number of hydrogen-bond acceptors (Lipinski definition) is 6. The predicted molar refractivity (Wildman–Crippen MR) is 356 cm³/mol. The molecule has 86 heavy (non-hydrogen) atoms. The SMILES string of the molecule is c1ccc(-c2nc3ccc4ccccc4c3nc2-c2ccc(-c3ccc4c(ccc5c6ccccc6oc45)c3)cc2)cc1.c1ccc(-c2nc3ccccc3nc2-c2ccc(-c3ccc4c(ccc5c6ccccc6oc45)c3)c3ccccc23)cc1. The fourth-order valence-electron chi connectivity index (χ4n) is 12.7. The van der Waals surface area contributed by atoms with E-state index in [9.17, 15) is 0 Å². The van der Waals surface area contributed by atoms with Gasteiger partial charge >= 0.3 is 0 Å². The third-order valence-corrected chi connectivity index (χ3v) is 16.9. The minimum absolute atomic E-state index is 0.882. The van der Waals surface area contributed by atoms with Crippen LogP contribution < -0.4 is 0 Å². The number of hydrogen-bond donors (Lipinski definition) is 0. The Morgan fingerprint density at radius 2 is 0.628 bits per heavy atom. The van der Waals surface area contributed by atoms with Crippen molar-refractivity contribution in [2.75, 3.05) is 0 Å². The number of para-hydroxylation sites is 4. The number of nitrogens with zero attached hydrogens (tertiary/aromatic N) is 4. The highest BCUT2D eigenvalue weighted by atomic mass is 16.3. The van der Waals surface area contributed by atoms with Crippen LogP contribution in [0.15, 0.2) is 300 Å². The summed E-state index contributed by atoms with van der Waals surface area (Å²) in [5.41, 5.74) is 19.7. The number of rotatable bonds is 6. The highest BCUT2D eigenvalue weighted by Gasteiger charge is 2.20. The molecule has 0 bridgehead atoms. The fraction of sp³-hybridized carbons (Fsp3) is 0. The van der Waals surface area contributed by atoms with Crippen molar-refractivity contribution >= 4 is 109 Å². The van der Waals surface area contributed by atoms with E-state index in [0.717, 1.165) is 160 Å². The average Bonchev–Trinajstić information content (AvgIpc) is 2.33. The second-order valence-electron chi connectivity index (χ2n) is 22.0. The zero-order valence-corrected chi connectivity index (χ0v) is 46.3. The molecule has 0 N–H and O–H groups in total. The Kier molecular flexibility index (Phi) is 11.5. The van der Waals surface area contributed by atoms with Crippen LogP contribution in [0.2, 0.25) is 0 Å². The molecule has 0 spiro atoms. The first-order valence-electron chi connectivity index (χ1n) is 29.0.